The molecular formula is C48H50N8S8. The van der Waals surface area contributed by atoms with Crippen LogP contribution in [-0.4, -0.2) is 39.9 Å². The summed E-state index contributed by atoms with van der Waals surface area (Å²) in [5.74, 6) is 3.34. The van der Waals surface area contributed by atoms with Crippen molar-refractivity contribution in [3.05, 3.63) is 44.5 Å². The van der Waals surface area contributed by atoms with Crippen molar-refractivity contribution in [1.82, 2.24) is 39.9 Å². The third-order valence-electron chi connectivity index (χ3n) is 13.0. The first-order valence-electron chi connectivity index (χ1n) is 22.0. The first kappa shape index (κ1) is 46.2. The van der Waals surface area contributed by atoms with Gasteiger partial charge in [0.15, 0.2) is 23.3 Å². The third kappa shape index (κ3) is 6.64. The third-order valence-corrected chi connectivity index (χ3v) is 17.7. The zero-order valence-corrected chi connectivity index (χ0v) is 44.1. The minimum absolute atomic E-state index is 0.511. The summed E-state index contributed by atoms with van der Waals surface area (Å²) in [7, 11) is 0. The molecule has 16 heteroatoms. The van der Waals surface area contributed by atoms with Crippen LogP contribution < -0.4 is 0 Å². The van der Waals surface area contributed by atoms with Crippen LogP contribution in [0.1, 0.15) is 99.9 Å². The van der Waals surface area contributed by atoms with E-state index in [1.165, 1.54) is 0 Å². The minimum atomic E-state index is 0.511. The number of hydrogen-bond acceptors (Lipinski definition) is 14. The summed E-state index contributed by atoms with van der Waals surface area (Å²) in [4.78, 5) is 46.9. The van der Waals surface area contributed by atoms with Gasteiger partial charge in [-0.1, -0.05) is 55.4 Å². The van der Waals surface area contributed by atoms with E-state index in [-0.39, 0.29) is 0 Å². The summed E-state index contributed by atoms with van der Waals surface area (Å²) < 4.78 is 0. The van der Waals surface area contributed by atoms with Crippen LogP contribution in [0.2, 0.25) is 0 Å². The van der Waals surface area contributed by atoms with Gasteiger partial charge in [-0.2, -0.15) is 0 Å². The van der Waals surface area contributed by atoms with Crippen LogP contribution >= 0.6 is 101 Å². The molecule has 2 N–H and O–H groups in total. The van der Waals surface area contributed by atoms with Gasteiger partial charge in [0.2, 0.25) is 0 Å². The molecule has 5 heterocycles. The number of aryl methyl sites for hydroxylation is 2. The quantitative estimate of drug-likeness (QED) is 0.0695. The molecule has 0 amide bonds. The van der Waals surface area contributed by atoms with Crippen LogP contribution in [0.3, 0.4) is 0 Å². The summed E-state index contributed by atoms with van der Waals surface area (Å²) in [6.45, 7) is 17.0. The molecule has 2 aromatic heterocycles. The van der Waals surface area contributed by atoms with Gasteiger partial charge >= 0.3 is 0 Å². The van der Waals surface area contributed by atoms with Crippen LogP contribution in [-0.2, 0) is 51.4 Å². The SMILES string of the molecule is CCc1c(S)c(S)c(CC)c2c1-c1nc-2nc2[nH]c(nc3nc([nH]c4nc(n1)-c1c(CC)c(S)c(S)c(CC)c1-4)-c1c(CC)c(S)c(S)c(CC)c1-3)c1c(CC)c(S)c(S)c(CC)c21. The number of nitrogens with one attached hydrogen (secondary N) is 2. The molecule has 3 aliphatic rings. The van der Waals surface area contributed by atoms with E-state index in [0.717, 1.165) is 128 Å². The van der Waals surface area contributed by atoms with Gasteiger partial charge in [0.25, 0.3) is 0 Å². The number of nitrogens with zero attached hydrogens (tertiary/aromatic N) is 6. The van der Waals surface area contributed by atoms with E-state index in [1.54, 1.807) is 0 Å². The van der Waals surface area contributed by atoms with Crippen molar-refractivity contribution in [3.63, 3.8) is 0 Å². The normalized spacial score (nSPS) is 12.2. The first-order valence-corrected chi connectivity index (χ1v) is 25.5. The van der Waals surface area contributed by atoms with E-state index < -0.39 is 0 Å². The maximum Gasteiger partial charge on any atom is 0.165 e. The number of aromatic amines is 2. The predicted octanol–water partition coefficient (Wildman–Crippen LogP) is 13.6. The van der Waals surface area contributed by atoms with Gasteiger partial charge in [-0.3, -0.25) is 0 Å². The average molecular weight is 996 g/mol. The monoisotopic (exact) mass is 994 g/mol. The van der Waals surface area contributed by atoms with E-state index in [4.69, 9.17) is 131 Å². The Kier molecular flexibility index (Phi) is 12.7. The second-order valence-corrected chi connectivity index (χ2v) is 19.6. The Morgan fingerprint density at radius 1 is 0.281 bits per heavy atom. The van der Waals surface area contributed by atoms with Gasteiger partial charge in [0, 0.05) is 83.3 Å². The van der Waals surface area contributed by atoms with Gasteiger partial charge in [-0.15, -0.1) is 101 Å². The highest BCUT2D eigenvalue weighted by Crippen LogP contribution is 2.51. The van der Waals surface area contributed by atoms with Crippen LogP contribution in [0.15, 0.2) is 39.2 Å². The van der Waals surface area contributed by atoms with Gasteiger partial charge in [-0.05, 0) is 95.9 Å². The minimum Gasteiger partial charge on any atom is -0.324 e. The number of hydrogen-bond donors (Lipinski definition) is 10. The molecule has 330 valence electrons. The van der Waals surface area contributed by atoms with Crippen molar-refractivity contribution in [2.24, 2.45) is 0 Å². The fourth-order valence-electron chi connectivity index (χ4n) is 10.1. The second kappa shape index (κ2) is 17.6. The van der Waals surface area contributed by atoms with E-state index >= 15 is 0 Å². The van der Waals surface area contributed by atoms with Gasteiger partial charge < -0.3 is 9.97 Å². The molecule has 3 aliphatic heterocycles. The lowest BCUT2D eigenvalue weighted by atomic mass is 9.92. The fourth-order valence-corrected chi connectivity index (χ4v) is 13.3. The molecule has 0 fully saturated rings. The number of H-pyrrole nitrogens is 2. The predicted molar refractivity (Wildman–Crippen MR) is 287 cm³/mol. The molecule has 0 radical (unpaired) electrons. The fraction of sp³-hybridized carbons (Fsp3) is 0.333. The Morgan fingerprint density at radius 2 is 0.516 bits per heavy atom. The number of benzene rings is 4. The van der Waals surface area contributed by atoms with Crippen molar-refractivity contribution < 1.29 is 0 Å². The smallest absolute Gasteiger partial charge is 0.165 e. The Hall–Kier alpha value is -2.96. The summed E-state index contributed by atoms with van der Waals surface area (Å²) >= 11 is 40.8. The van der Waals surface area contributed by atoms with E-state index in [2.05, 4.69) is 65.4 Å². The molecule has 8 nitrogen and oxygen atoms in total. The molecule has 8 bridgehead atoms. The standard InChI is InChI=1S/C48H50N8S8/c1-9-17-25-26(18(10-2)34(58)33(17)57)42-49-41(25)53-43-27-19(11-3)35(59)36(60)20(12-4)28(27)45(50-43)55-47-31-23(15-7)39(63)40(64)24(16-8)32(31)48(52-47)56-46-30-22(14-6)38(62)37(61)21(13-5)29(30)44(51-46)54-42/h57-64H,9-16H2,1-8H3,(H2,49,50,51,52,53,54,55,56). The van der Waals surface area contributed by atoms with Gasteiger partial charge in [-0.25, -0.2) is 29.9 Å². The average Bonchev–Trinajstić information content (AvgIpc) is 4.02. The van der Waals surface area contributed by atoms with Crippen LogP contribution in [0.4, 0.5) is 0 Å². The molecule has 6 aromatic rings. The van der Waals surface area contributed by atoms with E-state index in [9.17, 15) is 0 Å². The highest BCUT2D eigenvalue weighted by Gasteiger charge is 2.35. The van der Waals surface area contributed by atoms with Gasteiger partial charge in [0.05, 0.1) is 0 Å². The Labute approximate surface area is 418 Å². The lowest BCUT2D eigenvalue weighted by Gasteiger charge is -2.18. The molecule has 0 saturated heterocycles. The van der Waals surface area contributed by atoms with Crippen molar-refractivity contribution in [2.45, 2.75) is 146 Å². The molecule has 9 rings (SSSR count). The van der Waals surface area contributed by atoms with Crippen molar-refractivity contribution in [3.8, 4) is 68.3 Å². The molecule has 4 aromatic carbocycles. The topological polar surface area (TPSA) is 109 Å². The first-order chi connectivity index (χ1) is 30.7. The Bertz CT molecular complexity index is 3050. The number of rotatable bonds is 8. The maximum absolute atomic E-state index is 5.55. The molecule has 64 heavy (non-hydrogen) atoms. The lowest BCUT2D eigenvalue weighted by molar-refractivity contribution is 0.984. The number of aromatic nitrogens is 8. The molecule has 0 unspecified atom stereocenters. The van der Waals surface area contributed by atoms with Crippen molar-refractivity contribution in [2.75, 3.05) is 0 Å². The molecular weight excluding hydrogens is 945 g/mol. The van der Waals surface area contributed by atoms with Crippen LogP contribution in [0.5, 0.6) is 0 Å². The number of thiol groups is 8. The Balaban J connectivity index is 1.62. The molecule has 0 aliphatic carbocycles. The van der Waals surface area contributed by atoms with Gasteiger partial charge in [0.1, 0.15) is 22.9 Å². The summed E-state index contributed by atoms with van der Waals surface area (Å²) in [6, 6.07) is 0. The van der Waals surface area contributed by atoms with Crippen LogP contribution in [0.25, 0.3) is 90.4 Å². The molecule has 0 atom stereocenters. The number of fused-ring (bicyclic) bond motifs is 20. The van der Waals surface area contributed by atoms with Crippen molar-refractivity contribution >= 4 is 123 Å². The highest BCUT2D eigenvalue weighted by atomic mass is 32.1. The summed E-state index contributed by atoms with van der Waals surface area (Å²) in [5.41, 5.74) is 14.7. The van der Waals surface area contributed by atoms with Crippen LogP contribution in [0, 0.1) is 0 Å². The lowest BCUT2D eigenvalue weighted by Crippen LogP contribution is -2.01. The van der Waals surface area contributed by atoms with E-state index in [1.807, 2.05) is 0 Å². The second-order valence-electron chi connectivity index (χ2n) is 16.1. The van der Waals surface area contributed by atoms with E-state index in [0.29, 0.717) is 97.6 Å². The zero-order chi connectivity index (χ0) is 45.8. The maximum atomic E-state index is 5.55. The highest BCUT2D eigenvalue weighted by molar-refractivity contribution is 7.84. The summed E-state index contributed by atoms with van der Waals surface area (Å²) in [6.07, 6.45) is 5.45. The van der Waals surface area contributed by atoms with Crippen molar-refractivity contribution in [1.29, 1.82) is 0 Å². The zero-order valence-electron chi connectivity index (χ0n) is 36.9. The molecule has 0 saturated carbocycles. The largest absolute Gasteiger partial charge is 0.324 e. The Morgan fingerprint density at radius 3 is 0.828 bits per heavy atom. The molecule has 0 spiro atoms. The summed E-state index contributed by atoms with van der Waals surface area (Å²) in [5, 5.41) is 1.85.